The SMILES string of the molecule is CC(=NOCc1ccccc1)c1ccc2c(c1)OCCOCCOCCOCCOCCO2. The molecule has 1 heterocycles. The minimum Gasteiger partial charge on any atom is -0.487 e. The predicted molar refractivity (Wildman–Crippen MR) is 124 cm³/mol. The molecule has 0 atom stereocenters. The van der Waals surface area contributed by atoms with Gasteiger partial charge in [-0.15, -0.1) is 0 Å². The van der Waals surface area contributed by atoms with Crippen molar-refractivity contribution in [3.63, 3.8) is 0 Å². The molecule has 8 nitrogen and oxygen atoms in total. The Kier molecular flexibility index (Phi) is 11.5. The number of rotatable bonds is 4. The molecule has 0 spiro atoms. The first-order valence-electron chi connectivity index (χ1n) is 11.2. The zero-order valence-electron chi connectivity index (χ0n) is 19.2. The summed E-state index contributed by atoms with van der Waals surface area (Å²) in [6, 6.07) is 15.6. The van der Waals surface area contributed by atoms with E-state index in [9.17, 15) is 0 Å². The van der Waals surface area contributed by atoms with Crippen LogP contribution in [0.15, 0.2) is 53.7 Å². The summed E-state index contributed by atoms with van der Waals surface area (Å²) in [5.41, 5.74) is 2.69. The van der Waals surface area contributed by atoms with Crippen LogP contribution in [0.2, 0.25) is 0 Å². The normalized spacial score (nSPS) is 17.5. The molecule has 3 rings (SSSR count). The van der Waals surface area contributed by atoms with Crippen molar-refractivity contribution in [3.8, 4) is 11.5 Å². The largest absolute Gasteiger partial charge is 0.487 e. The summed E-state index contributed by atoms with van der Waals surface area (Å²) in [5, 5.41) is 4.25. The minimum atomic E-state index is 0.389. The third-order valence-electron chi connectivity index (χ3n) is 4.72. The van der Waals surface area contributed by atoms with Crippen LogP contribution in [0.1, 0.15) is 18.1 Å². The predicted octanol–water partition coefficient (Wildman–Crippen LogP) is 3.47. The highest BCUT2D eigenvalue weighted by Crippen LogP contribution is 2.29. The molecule has 0 fully saturated rings. The molecular formula is C25H33NO7. The third-order valence-corrected chi connectivity index (χ3v) is 4.72. The smallest absolute Gasteiger partial charge is 0.161 e. The Morgan fingerprint density at radius 3 is 1.85 bits per heavy atom. The Balaban J connectivity index is 1.59. The molecule has 8 heteroatoms. The van der Waals surface area contributed by atoms with E-state index >= 15 is 0 Å². The van der Waals surface area contributed by atoms with Gasteiger partial charge in [0.2, 0.25) is 0 Å². The molecule has 0 saturated heterocycles. The van der Waals surface area contributed by atoms with E-state index in [1.165, 1.54) is 0 Å². The van der Waals surface area contributed by atoms with Crippen LogP contribution < -0.4 is 9.47 Å². The first-order valence-corrected chi connectivity index (χ1v) is 11.2. The lowest BCUT2D eigenvalue weighted by atomic mass is 10.1. The fourth-order valence-corrected chi connectivity index (χ4v) is 2.98. The average molecular weight is 460 g/mol. The van der Waals surface area contributed by atoms with Crippen molar-refractivity contribution in [3.05, 3.63) is 59.7 Å². The lowest BCUT2D eigenvalue weighted by Gasteiger charge is -2.15. The molecule has 2 aromatic carbocycles. The van der Waals surface area contributed by atoms with Crippen molar-refractivity contribution >= 4 is 5.71 Å². The number of hydrogen-bond donors (Lipinski definition) is 0. The quantitative estimate of drug-likeness (QED) is 0.512. The second kappa shape index (κ2) is 15.2. The molecule has 0 saturated carbocycles. The van der Waals surface area contributed by atoms with E-state index in [1.807, 2.05) is 55.5 Å². The first kappa shape index (κ1) is 25.0. The van der Waals surface area contributed by atoms with Gasteiger partial charge in [-0.3, -0.25) is 0 Å². The maximum absolute atomic E-state index is 5.95. The van der Waals surface area contributed by atoms with Crippen LogP contribution >= 0.6 is 0 Å². The van der Waals surface area contributed by atoms with Gasteiger partial charge in [0.05, 0.1) is 58.6 Å². The highest BCUT2D eigenvalue weighted by molar-refractivity contribution is 5.98. The van der Waals surface area contributed by atoms with Crippen LogP contribution in [-0.4, -0.2) is 71.8 Å². The first-order chi connectivity index (χ1) is 16.3. The molecule has 33 heavy (non-hydrogen) atoms. The fraction of sp³-hybridized carbons (Fsp3) is 0.480. The Morgan fingerprint density at radius 1 is 0.697 bits per heavy atom. The Morgan fingerprint density at radius 2 is 1.24 bits per heavy atom. The van der Waals surface area contributed by atoms with Crippen molar-refractivity contribution in [1.82, 2.24) is 0 Å². The van der Waals surface area contributed by atoms with E-state index in [0.29, 0.717) is 84.2 Å². The van der Waals surface area contributed by atoms with Gasteiger partial charge in [0.25, 0.3) is 0 Å². The molecule has 0 radical (unpaired) electrons. The zero-order chi connectivity index (χ0) is 23.0. The molecule has 1 aliphatic heterocycles. The van der Waals surface area contributed by atoms with Crippen molar-refractivity contribution in [2.45, 2.75) is 13.5 Å². The minimum absolute atomic E-state index is 0.389. The molecule has 0 unspecified atom stereocenters. The molecule has 0 N–H and O–H groups in total. The molecule has 180 valence electrons. The number of fused-ring (bicyclic) bond motifs is 1. The monoisotopic (exact) mass is 459 g/mol. The van der Waals surface area contributed by atoms with Gasteiger partial charge in [-0.2, -0.15) is 0 Å². The summed E-state index contributed by atoms with van der Waals surface area (Å²) in [6.07, 6.45) is 0. The van der Waals surface area contributed by atoms with E-state index in [0.717, 1.165) is 16.8 Å². The van der Waals surface area contributed by atoms with Crippen LogP contribution in [0.5, 0.6) is 11.5 Å². The highest BCUT2D eigenvalue weighted by atomic mass is 16.6. The molecular weight excluding hydrogens is 426 g/mol. The van der Waals surface area contributed by atoms with E-state index in [1.54, 1.807) is 0 Å². The average Bonchev–Trinajstić information content (AvgIpc) is 2.84. The van der Waals surface area contributed by atoms with E-state index in [-0.39, 0.29) is 0 Å². The van der Waals surface area contributed by atoms with Gasteiger partial charge in [0.15, 0.2) is 11.5 Å². The third kappa shape index (κ3) is 9.79. The van der Waals surface area contributed by atoms with Gasteiger partial charge >= 0.3 is 0 Å². The van der Waals surface area contributed by atoms with Crippen molar-refractivity contribution < 1.29 is 33.3 Å². The number of oxime groups is 1. The van der Waals surface area contributed by atoms with Crippen molar-refractivity contribution in [1.29, 1.82) is 0 Å². The summed E-state index contributed by atoms with van der Waals surface area (Å²) in [4.78, 5) is 5.52. The second-order valence-corrected chi connectivity index (χ2v) is 7.24. The topological polar surface area (TPSA) is 77.0 Å². The maximum Gasteiger partial charge on any atom is 0.161 e. The molecule has 0 amide bonds. The Hall–Kier alpha value is -2.65. The van der Waals surface area contributed by atoms with Crippen LogP contribution in [0, 0.1) is 0 Å². The molecule has 2 aromatic rings. The van der Waals surface area contributed by atoms with E-state index < -0.39 is 0 Å². The van der Waals surface area contributed by atoms with Gasteiger partial charge in [0, 0.05) is 5.56 Å². The van der Waals surface area contributed by atoms with Gasteiger partial charge in [-0.25, -0.2) is 0 Å². The summed E-state index contributed by atoms with van der Waals surface area (Å²) in [6.45, 7) is 7.13. The molecule has 0 aliphatic carbocycles. The number of benzene rings is 2. The van der Waals surface area contributed by atoms with E-state index in [4.69, 9.17) is 33.3 Å². The van der Waals surface area contributed by atoms with Crippen LogP contribution in [-0.2, 0) is 30.4 Å². The summed E-state index contributed by atoms with van der Waals surface area (Å²) in [7, 11) is 0. The number of ether oxygens (including phenoxy) is 6. The number of nitrogens with zero attached hydrogens (tertiary/aromatic N) is 1. The molecule has 1 aliphatic rings. The van der Waals surface area contributed by atoms with Crippen LogP contribution in [0.25, 0.3) is 0 Å². The lowest BCUT2D eigenvalue weighted by Crippen LogP contribution is -2.16. The summed E-state index contributed by atoms with van der Waals surface area (Å²) >= 11 is 0. The van der Waals surface area contributed by atoms with Gasteiger partial charge in [-0.05, 0) is 30.7 Å². The van der Waals surface area contributed by atoms with Gasteiger partial charge in [-0.1, -0.05) is 35.5 Å². The molecule has 0 aromatic heterocycles. The fourth-order valence-electron chi connectivity index (χ4n) is 2.98. The zero-order valence-corrected chi connectivity index (χ0v) is 19.2. The van der Waals surface area contributed by atoms with Crippen LogP contribution in [0.4, 0.5) is 0 Å². The van der Waals surface area contributed by atoms with Crippen molar-refractivity contribution in [2.24, 2.45) is 5.16 Å². The standard InChI is InChI=1S/C25H33NO7/c1-21(26-33-20-22-5-3-2-4-6-22)23-7-8-24-25(19-23)32-18-16-30-14-12-28-10-9-27-11-13-29-15-17-31-24/h2-8,19H,9-18,20H2,1H3. The Labute approximate surface area is 195 Å². The second-order valence-electron chi connectivity index (χ2n) is 7.24. The van der Waals surface area contributed by atoms with E-state index in [2.05, 4.69) is 5.16 Å². The lowest BCUT2D eigenvalue weighted by molar-refractivity contribution is -0.00841. The van der Waals surface area contributed by atoms with Gasteiger partial charge < -0.3 is 33.3 Å². The van der Waals surface area contributed by atoms with Gasteiger partial charge in [0.1, 0.15) is 19.8 Å². The summed E-state index contributed by atoms with van der Waals surface area (Å²) in [5.74, 6) is 1.26. The van der Waals surface area contributed by atoms with Crippen molar-refractivity contribution in [2.75, 3.05) is 66.1 Å². The van der Waals surface area contributed by atoms with Crippen LogP contribution in [0.3, 0.4) is 0 Å². The molecule has 0 bridgehead atoms. The highest BCUT2D eigenvalue weighted by Gasteiger charge is 2.10. The summed E-state index contributed by atoms with van der Waals surface area (Å²) < 4.78 is 33.9. The Bertz CT molecular complexity index is 829. The maximum atomic E-state index is 5.95. The number of hydrogen-bond acceptors (Lipinski definition) is 8.